The number of hydrogen-bond acceptors (Lipinski definition) is 3. The molecule has 2 heterocycles. The highest BCUT2D eigenvalue weighted by molar-refractivity contribution is 5.75. The number of aryl methyl sites for hydroxylation is 2. The number of rotatable bonds is 6. The van der Waals surface area contributed by atoms with Crippen molar-refractivity contribution in [2.24, 2.45) is 13.0 Å². The molecular formula is C19H33N5O. The van der Waals surface area contributed by atoms with Gasteiger partial charge in [-0.1, -0.05) is 0 Å². The smallest absolute Gasteiger partial charge is 0.317 e. The first kappa shape index (κ1) is 18.2. The van der Waals surface area contributed by atoms with Crippen LogP contribution in [0.5, 0.6) is 0 Å². The van der Waals surface area contributed by atoms with Crippen molar-refractivity contribution in [3.63, 3.8) is 0 Å². The number of nitrogens with one attached hydrogen (secondary N) is 1. The molecule has 1 aromatic heterocycles. The van der Waals surface area contributed by atoms with Crippen molar-refractivity contribution in [3.8, 4) is 0 Å². The summed E-state index contributed by atoms with van der Waals surface area (Å²) >= 11 is 0. The Labute approximate surface area is 151 Å². The lowest BCUT2D eigenvalue weighted by Crippen LogP contribution is -2.42. The summed E-state index contributed by atoms with van der Waals surface area (Å²) in [7, 11) is 4.16. The molecule has 140 valence electrons. The van der Waals surface area contributed by atoms with E-state index in [2.05, 4.69) is 29.3 Å². The van der Waals surface area contributed by atoms with Gasteiger partial charge in [-0.05, 0) is 65.5 Å². The molecule has 0 aromatic carbocycles. The number of urea groups is 1. The zero-order chi connectivity index (χ0) is 18.0. The number of hydrogen-bond donors (Lipinski definition) is 1. The summed E-state index contributed by atoms with van der Waals surface area (Å²) in [5.41, 5.74) is 3.38. The number of carbonyl (C=O) groups is 1. The fourth-order valence-electron chi connectivity index (χ4n) is 3.96. The van der Waals surface area contributed by atoms with E-state index >= 15 is 0 Å². The summed E-state index contributed by atoms with van der Waals surface area (Å²) in [6, 6.07) is 0.495. The second kappa shape index (κ2) is 7.77. The topological polar surface area (TPSA) is 53.4 Å². The molecule has 2 fully saturated rings. The summed E-state index contributed by atoms with van der Waals surface area (Å²) in [5, 5.41) is 7.66. The van der Waals surface area contributed by atoms with Gasteiger partial charge >= 0.3 is 6.03 Å². The van der Waals surface area contributed by atoms with Crippen molar-refractivity contribution in [1.29, 1.82) is 0 Å². The van der Waals surface area contributed by atoms with Gasteiger partial charge in [0.15, 0.2) is 0 Å². The molecule has 3 rings (SSSR count). The third-order valence-electron chi connectivity index (χ3n) is 5.79. The maximum absolute atomic E-state index is 12.7. The molecule has 25 heavy (non-hydrogen) atoms. The van der Waals surface area contributed by atoms with Crippen LogP contribution in [-0.2, 0) is 13.6 Å². The minimum Gasteiger partial charge on any atom is -0.338 e. The average Bonchev–Trinajstić information content (AvgIpc) is 3.36. The van der Waals surface area contributed by atoms with Crippen LogP contribution < -0.4 is 5.32 Å². The van der Waals surface area contributed by atoms with Crippen LogP contribution in [0.25, 0.3) is 0 Å². The van der Waals surface area contributed by atoms with Crippen molar-refractivity contribution in [1.82, 2.24) is 24.9 Å². The Morgan fingerprint density at radius 1 is 1.28 bits per heavy atom. The molecule has 1 aliphatic carbocycles. The van der Waals surface area contributed by atoms with Crippen molar-refractivity contribution in [2.75, 3.05) is 26.7 Å². The Balaban J connectivity index is 1.53. The van der Waals surface area contributed by atoms with Gasteiger partial charge in [-0.25, -0.2) is 4.79 Å². The van der Waals surface area contributed by atoms with Gasteiger partial charge in [0.25, 0.3) is 0 Å². The van der Waals surface area contributed by atoms with E-state index in [1.165, 1.54) is 24.9 Å². The van der Waals surface area contributed by atoms with Crippen LogP contribution in [0, 0.1) is 19.8 Å². The molecule has 1 atom stereocenters. The maximum Gasteiger partial charge on any atom is 0.317 e. The minimum absolute atomic E-state index is 0.0920. The summed E-state index contributed by atoms with van der Waals surface area (Å²) in [6.07, 6.45) is 5.90. The lowest BCUT2D eigenvalue weighted by atomic mass is 9.95. The lowest BCUT2D eigenvalue weighted by molar-refractivity contribution is 0.184. The van der Waals surface area contributed by atoms with E-state index < -0.39 is 0 Å². The summed E-state index contributed by atoms with van der Waals surface area (Å²) in [5.74, 6) is 0.719. The lowest BCUT2D eigenvalue weighted by Gasteiger charge is -2.30. The van der Waals surface area contributed by atoms with Gasteiger partial charge in [0.2, 0.25) is 0 Å². The van der Waals surface area contributed by atoms with Crippen LogP contribution in [-0.4, -0.2) is 58.3 Å². The zero-order valence-corrected chi connectivity index (χ0v) is 16.2. The largest absolute Gasteiger partial charge is 0.338 e. The molecule has 1 saturated heterocycles. The van der Waals surface area contributed by atoms with Crippen LogP contribution in [0.15, 0.2) is 0 Å². The van der Waals surface area contributed by atoms with E-state index in [0.717, 1.165) is 49.7 Å². The van der Waals surface area contributed by atoms with Gasteiger partial charge < -0.3 is 15.1 Å². The zero-order valence-electron chi connectivity index (χ0n) is 16.2. The standard InChI is InChI=1S/C19H33N5O/c1-14-18(15(2)23(4)21-14)13-24(17-7-8-17)19(25)20-10-9-16-6-5-11-22(3)12-16/h16-17H,5-13H2,1-4H3,(H,20,25). The Kier molecular flexibility index (Phi) is 5.67. The Hall–Kier alpha value is -1.56. The van der Waals surface area contributed by atoms with E-state index in [9.17, 15) is 4.79 Å². The van der Waals surface area contributed by atoms with Gasteiger partial charge in [0.05, 0.1) is 12.2 Å². The molecule has 6 heteroatoms. The molecule has 1 unspecified atom stereocenters. The SMILES string of the molecule is Cc1nn(C)c(C)c1CN(C(=O)NCCC1CCCN(C)C1)C1CC1. The molecule has 6 nitrogen and oxygen atoms in total. The number of nitrogens with zero attached hydrogens (tertiary/aromatic N) is 4. The molecule has 2 amide bonds. The number of carbonyl (C=O) groups excluding carboxylic acids is 1. The fraction of sp³-hybridized carbons (Fsp3) is 0.789. The Bertz CT molecular complexity index is 607. The molecule has 1 saturated carbocycles. The average molecular weight is 348 g/mol. The molecule has 1 N–H and O–H groups in total. The predicted molar refractivity (Wildman–Crippen MR) is 99.5 cm³/mol. The first-order chi connectivity index (χ1) is 12.0. The number of aromatic nitrogens is 2. The van der Waals surface area contributed by atoms with Crippen LogP contribution in [0.2, 0.25) is 0 Å². The van der Waals surface area contributed by atoms with Crippen molar-refractivity contribution in [2.45, 2.75) is 58.5 Å². The second-order valence-electron chi connectivity index (χ2n) is 7.92. The van der Waals surface area contributed by atoms with Gasteiger partial charge in [-0.15, -0.1) is 0 Å². The van der Waals surface area contributed by atoms with E-state index in [0.29, 0.717) is 12.6 Å². The molecule has 2 aliphatic rings. The van der Waals surface area contributed by atoms with Crippen LogP contribution in [0.1, 0.15) is 49.1 Å². The number of likely N-dealkylation sites (tertiary alicyclic amines) is 1. The van der Waals surface area contributed by atoms with E-state index in [1.807, 2.05) is 23.6 Å². The maximum atomic E-state index is 12.7. The number of piperidine rings is 1. The third-order valence-corrected chi connectivity index (χ3v) is 5.79. The second-order valence-corrected chi connectivity index (χ2v) is 7.92. The third kappa shape index (κ3) is 4.54. The van der Waals surface area contributed by atoms with Gasteiger partial charge in [-0.2, -0.15) is 5.10 Å². The van der Waals surface area contributed by atoms with Crippen molar-refractivity contribution in [3.05, 3.63) is 17.0 Å². The Morgan fingerprint density at radius 2 is 2.04 bits per heavy atom. The van der Waals surface area contributed by atoms with Crippen molar-refractivity contribution < 1.29 is 4.79 Å². The molecule has 0 radical (unpaired) electrons. The molecule has 0 spiro atoms. The summed E-state index contributed by atoms with van der Waals surface area (Å²) < 4.78 is 1.91. The fourth-order valence-corrected chi connectivity index (χ4v) is 3.96. The summed E-state index contributed by atoms with van der Waals surface area (Å²) in [4.78, 5) is 17.2. The molecule has 1 aliphatic heterocycles. The highest BCUT2D eigenvalue weighted by atomic mass is 16.2. The van der Waals surface area contributed by atoms with E-state index in [1.54, 1.807) is 0 Å². The first-order valence-corrected chi connectivity index (χ1v) is 9.67. The number of amides is 2. The summed E-state index contributed by atoms with van der Waals surface area (Å²) in [6.45, 7) is 7.95. The highest BCUT2D eigenvalue weighted by Crippen LogP contribution is 2.29. The van der Waals surface area contributed by atoms with Gasteiger partial charge in [-0.3, -0.25) is 4.68 Å². The monoisotopic (exact) mass is 347 g/mol. The Morgan fingerprint density at radius 3 is 2.64 bits per heavy atom. The van der Waals surface area contributed by atoms with Crippen LogP contribution >= 0.6 is 0 Å². The van der Waals surface area contributed by atoms with Crippen molar-refractivity contribution >= 4 is 6.03 Å². The predicted octanol–water partition coefficient (Wildman–Crippen LogP) is 2.44. The molecule has 1 aromatic rings. The van der Waals surface area contributed by atoms with Gasteiger partial charge in [0, 0.05) is 37.4 Å². The minimum atomic E-state index is 0.0920. The molecule has 0 bridgehead atoms. The van der Waals surface area contributed by atoms with Crippen LogP contribution in [0.3, 0.4) is 0 Å². The van der Waals surface area contributed by atoms with E-state index in [-0.39, 0.29) is 6.03 Å². The van der Waals surface area contributed by atoms with Gasteiger partial charge in [0.1, 0.15) is 0 Å². The van der Waals surface area contributed by atoms with E-state index in [4.69, 9.17) is 0 Å². The normalized spacial score (nSPS) is 21.4. The highest BCUT2D eigenvalue weighted by Gasteiger charge is 2.33. The van der Waals surface area contributed by atoms with Crippen LogP contribution in [0.4, 0.5) is 4.79 Å². The molecular weight excluding hydrogens is 314 g/mol. The quantitative estimate of drug-likeness (QED) is 0.860. The first-order valence-electron chi connectivity index (χ1n) is 9.67.